The van der Waals surface area contributed by atoms with Crippen molar-refractivity contribution in [3.05, 3.63) is 30.0 Å². The summed E-state index contributed by atoms with van der Waals surface area (Å²) < 4.78 is 17.1. The summed E-state index contributed by atoms with van der Waals surface area (Å²) in [6, 6.07) is 8.61. The van der Waals surface area contributed by atoms with E-state index in [1.54, 1.807) is 7.11 Å². The third-order valence-corrected chi connectivity index (χ3v) is 4.91. The zero-order valence-corrected chi connectivity index (χ0v) is 13.6. The predicted molar refractivity (Wildman–Crippen MR) is 88.8 cm³/mol. The molecule has 2 aliphatic rings. The summed E-state index contributed by atoms with van der Waals surface area (Å²) in [5.41, 5.74) is 0.899. The Bertz CT molecular complexity index is 669. The molecule has 2 fully saturated rings. The molecular formula is C18H24N2O3. The smallest absolute Gasteiger partial charge is 0.134 e. The Labute approximate surface area is 136 Å². The highest BCUT2D eigenvalue weighted by Gasteiger charge is 2.31. The zero-order chi connectivity index (χ0) is 15.6. The first kappa shape index (κ1) is 15.0. The normalized spacial score (nSPS) is 24.9. The van der Waals surface area contributed by atoms with Crippen LogP contribution in [-0.2, 0) is 11.3 Å². The van der Waals surface area contributed by atoms with Crippen LogP contribution in [0.15, 0.2) is 28.7 Å². The molecule has 0 amide bonds. The molecule has 0 bridgehead atoms. The van der Waals surface area contributed by atoms with E-state index in [1.165, 1.54) is 19.4 Å². The molecular weight excluding hydrogens is 292 g/mol. The van der Waals surface area contributed by atoms with Crippen molar-refractivity contribution >= 4 is 11.0 Å². The van der Waals surface area contributed by atoms with Crippen LogP contribution in [0.2, 0.25) is 0 Å². The summed E-state index contributed by atoms with van der Waals surface area (Å²) >= 11 is 0. The molecule has 124 valence electrons. The molecule has 5 nitrogen and oxygen atoms in total. The van der Waals surface area contributed by atoms with Gasteiger partial charge in [-0.25, -0.2) is 0 Å². The topological polar surface area (TPSA) is 46.9 Å². The molecule has 2 aromatic rings. The van der Waals surface area contributed by atoms with Gasteiger partial charge in [0, 0.05) is 24.5 Å². The van der Waals surface area contributed by atoms with Crippen LogP contribution < -0.4 is 10.1 Å². The molecule has 23 heavy (non-hydrogen) atoms. The van der Waals surface area contributed by atoms with Crippen molar-refractivity contribution in [3.63, 3.8) is 0 Å². The van der Waals surface area contributed by atoms with E-state index in [4.69, 9.17) is 13.9 Å². The van der Waals surface area contributed by atoms with Gasteiger partial charge in [-0.1, -0.05) is 0 Å². The van der Waals surface area contributed by atoms with Crippen molar-refractivity contribution < 1.29 is 13.9 Å². The van der Waals surface area contributed by atoms with Crippen LogP contribution in [0.1, 0.15) is 18.6 Å². The van der Waals surface area contributed by atoms with E-state index in [1.807, 2.05) is 18.2 Å². The van der Waals surface area contributed by atoms with Gasteiger partial charge in [0.15, 0.2) is 0 Å². The first-order valence-corrected chi connectivity index (χ1v) is 8.44. The van der Waals surface area contributed by atoms with Crippen LogP contribution in [0.25, 0.3) is 11.0 Å². The average Bonchev–Trinajstić information content (AvgIpc) is 3.19. The third kappa shape index (κ3) is 3.22. The molecule has 1 aromatic heterocycles. The lowest BCUT2D eigenvalue weighted by molar-refractivity contribution is -0.0471. The fraction of sp³-hybridized carbons (Fsp3) is 0.556. The molecule has 1 aromatic carbocycles. The van der Waals surface area contributed by atoms with E-state index in [0.717, 1.165) is 48.7 Å². The van der Waals surface area contributed by atoms with Crippen LogP contribution in [0, 0.1) is 0 Å². The number of ether oxygens (including phenoxy) is 2. The number of furan rings is 1. The fourth-order valence-electron chi connectivity index (χ4n) is 3.66. The zero-order valence-electron chi connectivity index (χ0n) is 13.6. The molecule has 3 heterocycles. The minimum Gasteiger partial charge on any atom is -0.497 e. The van der Waals surface area contributed by atoms with Crippen LogP contribution in [-0.4, -0.2) is 50.4 Å². The number of benzene rings is 1. The molecule has 2 aliphatic heterocycles. The highest BCUT2D eigenvalue weighted by molar-refractivity contribution is 5.79. The summed E-state index contributed by atoms with van der Waals surface area (Å²) in [6.07, 6.45) is 2.90. The van der Waals surface area contributed by atoms with Gasteiger partial charge in [0.1, 0.15) is 17.1 Å². The molecule has 0 saturated carbocycles. The summed E-state index contributed by atoms with van der Waals surface area (Å²) in [4.78, 5) is 2.57. The number of rotatable bonds is 5. The van der Waals surface area contributed by atoms with Crippen molar-refractivity contribution in [2.45, 2.75) is 31.5 Å². The minimum atomic E-state index is 0.286. The van der Waals surface area contributed by atoms with Gasteiger partial charge in [-0.3, -0.25) is 4.90 Å². The lowest BCUT2D eigenvalue weighted by Gasteiger charge is -2.35. The first-order valence-electron chi connectivity index (χ1n) is 8.44. The molecule has 0 radical (unpaired) electrons. The summed E-state index contributed by atoms with van der Waals surface area (Å²) in [5.74, 6) is 1.80. The Morgan fingerprint density at radius 3 is 3.22 bits per heavy atom. The summed E-state index contributed by atoms with van der Waals surface area (Å²) in [7, 11) is 1.68. The van der Waals surface area contributed by atoms with Gasteiger partial charge in [-0.15, -0.1) is 0 Å². The van der Waals surface area contributed by atoms with Crippen LogP contribution in [0.5, 0.6) is 5.75 Å². The second-order valence-electron chi connectivity index (χ2n) is 6.49. The summed E-state index contributed by atoms with van der Waals surface area (Å²) in [6.45, 7) is 4.76. The number of methoxy groups -OCH3 is 1. The number of nitrogens with one attached hydrogen (secondary N) is 1. The number of morpholine rings is 1. The Morgan fingerprint density at radius 1 is 1.35 bits per heavy atom. The molecule has 2 atom stereocenters. The average molecular weight is 316 g/mol. The Hall–Kier alpha value is -1.56. The van der Waals surface area contributed by atoms with E-state index in [9.17, 15) is 0 Å². The second kappa shape index (κ2) is 6.51. The van der Waals surface area contributed by atoms with Crippen LogP contribution in [0.4, 0.5) is 0 Å². The molecule has 0 unspecified atom stereocenters. The van der Waals surface area contributed by atoms with Crippen LogP contribution >= 0.6 is 0 Å². The maximum Gasteiger partial charge on any atom is 0.134 e. The van der Waals surface area contributed by atoms with Gasteiger partial charge in [0.25, 0.3) is 0 Å². The highest BCUT2D eigenvalue weighted by atomic mass is 16.5. The Morgan fingerprint density at radius 2 is 2.30 bits per heavy atom. The van der Waals surface area contributed by atoms with E-state index >= 15 is 0 Å². The molecule has 4 rings (SSSR count). The molecule has 0 spiro atoms. The predicted octanol–water partition coefficient (Wildman–Crippen LogP) is 2.39. The maximum atomic E-state index is 5.97. The van der Waals surface area contributed by atoms with E-state index in [2.05, 4.69) is 16.3 Å². The Kier molecular flexibility index (Phi) is 4.25. The van der Waals surface area contributed by atoms with Crippen molar-refractivity contribution in [1.82, 2.24) is 10.2 Å². The third-order valence-electron chi connectivity index (χ3n) is 4.91. The van der Waals surface area contributed by atoms with Gasteiger partial charge in [0.05, 0.1) is 26.4 Å². The molecule has 0 aliphatic carbocycles. The molecule has 1 N–H and O–H groups in total. The van der Waals surface area contributed by atoms with E-state index in [-0.39, 0.29) is 6.10 Å². The van der Waals surface area contributed by atoms with E-state index < -0.39 is 0 Å². The maximum absolute atomic E-state index is 5.97. The standard InChI is InChI=1S/C18H24N2O3/c1-21-15-4-5-18-13(7-15)8-16(23-18)9-19-10-17-11-20-6-2-3-14(20)12-22-17/h4-5,7-8,14,17,19H,2-3,6,9-12H2,1H3/t14-,17+/m1/s1. The van der Waals surface area contributed by atoms with Gasteiger partial charge in [0.2, 0.25) is 0 Å². The minimum absolute atomic E-state index is 0.286. The number of nitrogens with zero attached hydrogens (tertiary/aromatic N) is 1. The summed E-state index contributed by atoms with van der Waals surface area (Å²) in [5, 5.41) is 4.54. The lowest BCUT2D eigenvalue weighted by Crippen LogP contribution is -2.49. The first-order chi connectivity index (χ1) is 11.3. The van der Waals surface area contributed by atoms with Crippen molar-refractivity contribution in [1.29, 1.82) is 0 Å². The number of fused-ring (bicyclic) bond motifs is 2. The van der Waals surface area contributed by atoms with Gasteiger partial charge >= 0.3 is 0 Å². The fourth-order valence-corrected chi connectivity index (χ4v) is 3.66. The Balaban J connectivity index is 1.31. The highest BCUT2D eigenvalue weighted by Crippen LogP contribution is 2.24. The largest absolute Gasteiger partial charge is 0.497 e. The molecule has 2 saturated heterocycles. The number of hydrogen-bond donors (Lipinski definition) is 1. The monoisotopic (exact) mass is 316 g/mol. The van der Waals surface area contributed by atoms with Crippen molar-refractivity contribution in [2.75, 3.05) is 33.4 Å². The van der Waals surface area contributed by atoms with Crippen LogP contribution in [0.3, 0.4) is 0 Å². The van der Waals surface area contributed by atoms with E-state index in [0.29, 0.717) is 6.04 Å². The van der Waals surface area contributed by atoms with Crippen molar-refractivity contribution in [2.24, 2.45) is 0 Å². The number of hydrogen-bond acceptors (Lipinski definition) is 5. The van der Waals surface area contributed by atoms with Crippen molar-refractivity contribution in [3.8, 4) is 5.75 Å². The molecule has 5 heteroatoms. The second-order valence-corrected chi connectivity index (χ2v) is 6.49. The SMILES string of the molecule is COc1ccc2oc(CNC[C@H]3CN4CCC[C@@H]4CO3)cc2c1. The lowest BCUT2D eigenvalue weighted by atomic mass is 10.2. The van der Waals surface area contributed by atoms with Gasteiger partial charge < -0.3 is 19.2 Å². The van der Waals surface area contributed by atoms with Gasteiger partial charge in [-0.2, -0.15) is 0 Å². The van der Waals surface area contributed by atoms with Gasteiger partial charge in [-0.05, 0) is 43.7 Å². The quantitative estimate of drug-likeness (QED) is 0.918.